The number of carboxylic acid groups (broad SMARTS) is 1. The Hall–Kier alpha value is -1.10. The summed E-state index contributed by atoms with van der Waals surface area (Å²) in [5, 5.41) is 56.7. The molecule has 1 saturated heterocycles. The standard InChI is InChI=1S/C30H46O16S2/c1-14(2)9-22(32)40-25-24(42-48-46-44-37)23(41-47-45-43-36)20(13-31)39-28(25)38-17-10-18(27(34)35)19-7-8-30-11-16(15(3)26(30)33)5-6-21(30)29(19,4)12-17/h14,16-21,23-26,28,31,33,36-37H,3,5-13H2,1-2,4H3,(H,34,35)/t16?,17?,18?,19?,20-,21?,23+,24?,25?,26-,28?,29?,30?/m0/s1. The maximum atomic E-state index is 13.0. The van der Waals surface area contributed by atoms with E-state index in [2.05, 4.69) is 32.2 Å². The molecule has 1 heterocycles. The number of carbonyl (C=O) groups excluding carboxylic acids is 1. The SMILES string of the molecule is C=C1C2CCC3C4(C)CC(OC5O[C@@H](CO)[C@@H](OSOOO)C(OSOOO)C5OC(=O)CC(C)C)CC(C(=O)O)C4CCC3(C2)[C@H]1O. The molecule has 0 aromatic carbocycles. The van der Waals surface area contributed by atoms with Gasteiger partial charge in [-0.1, -0.05) is 37.4 Å². The van der Waals surface area contributed by atoms with Gasteiger partial charge in [0.1, 0.15) is 18.3 Å². The second-order valence-corrected chi connectivity index (χ2v) is 15.3. The number of hydrogen-bond donors (Lipinski definition) is 5. The van der Waals surface area contributed by atoms with E-state index < -0.39 is 72.8 Å². The zero-order valence-corrected chi connectivity index (χ0v) is 28.7. The molecule has 4 aliphatic carbocycles. The van der Waals surface area contributed by atoms with Crippen molar-refractivity contribution in [2.75, 3.05) is 6.61 Å². The smallest absolute Gasteiger partial charge is 0.306 e. The van der Waals surface area contributed by atoms with E-state index in [4.69, 9.17) is 33.1 Å². The zero-order valence-electron chi connectivity index (χ0n) is 27.0. The van der Waals surface area contributed by atoms with Crippen molar-refractivity contribution >= 4 is 36.6 Å². The number of aliphatic carboxylic acids is 1. The summed E-state index contributed by atoms with van der Waals surface area (Å²) in [5.74, 6) is -2.24. The molecule has 1 spiro atoms. The van der Waals surface area contributed by atoms with Gasteiger partial charge in [0.05, 0.1) is 24.7 Å². The van der Waals surface area contributed by atoms with Gasteiger partial charge in [-0.2, -0.15) is 0 Å². The number of esters is 1. The zero-order chi connectivity index (χ0) is 34.8. The van der Waals surface area contributed by atoms with Gasteiger partial charge in [0.25, 0.3) is 0 Å². The molecule has 16 nitrogen and oxygen atoms in total. The van der Waals surface area contributed by atoms with Gasteiger partial charge in [0.2, 0.25) is 0 Å². The highest BCUT2D eigenvalue weighted by atomic mass is 32.2. The molecular formula is C30H46O16S2. The lowest BCUT2D eigenvalue weighted by atomic mass is 9.43. The molecule has 2 bridgehead atoms. The van der Waals surface area contributed by atoms with Crippen molar-refractivity contribution in [2.45, 2.75) is 115 Å². The van der Waals surface area contributed by atoms with Crippen LogP contribution in [0.15, 0.2) is 12.2 Å². The van der Waals surface area contributed by atoms with Gasteiger partial charge in [-0.15, -0.1) is 8.67 Å². The Morgan fingerprint density at radius 2 is 1.73 bits per heavy atom. The molecule has 18 heteroatoms. The quantitative estimate of drug-likeness (QED) is 0.0306. The molecule has 5 N–H and O–H groups in total. The summed E-state index contributed by atoms with van der Waals surface area (Å²) < 4.78 is 38.5. The summed E-state index contributed by atoms with van der Waals surface area (Å²) in [4.78, 5) is 25.9. The first-order chi connectivity index (χ1) is 22.9. The second kappa shape index (κ2) is 16.1. The van der Waals surface area contributed by atoms with Gasteiger partial charge in [-0.3, -0.25) is 18.0 Å². The Labute approximate surface area is 287 Å². The predicted octanol–water partition coefficient (Wildman–Crippen LogP) is 4.03. The van der Waals surface area contributed by atoms with Crippen LogP contribution in [0, 0.1) is 40.4 Å². The topological polar surface area (TPSA) is 218 Å². The van der Waals surface area contributed by atoms with Crippen LogP contribution in [-0.4, -0.2) is 87.3 Å². The first kappa shape index (κ1) is 38.1. The van der Waals surface area contributed by atoms with E-state index in [-0.39, 0.29) is 66.6 Å². The maximum absolute atomic E-state index is 13.0. The van der Waals surface area contributed by atoms with Gasteiger partial charge in [-0.25, -0.2) is 10.5 Å². The number of aliphatic hydroxyl groups excluding tert-OH is 2. The molecule has 0 amide bonds. The summed E-state index contributed by atoms with van der Waals surface area (Å²) in [6.45, 7) is 9.34. The fraction of sp³-hybridized carbons (Fsp3) is 0.867. The fourth-order valence-electron chi connectivity index (χ4n) is 9.69. The van der Waals surface area contributed by atoms with Crippen LogP contribution in [0.25, 0.3) is 0 Å². The van der Waals surface area contributed by atoms with Crippen LogP contribution in [0.4, 0.5) is 0 Å². The average Bonchev–Trinajstić information content (AvgIpc) is 3.21. The van der Waals surface area contributed by atoms with Crippen LogP contribution in [0.3, 0.4) is 0 Å². The van der Waals surface area contributed by atoms with Crippen molar-refractivity contribution in [3.8, 4) is 0 Å². The van der Waals surface area contributed by atoms with Crippen molar-refractivity contribution in [1.29, 1.82) is 0 Å². The minimum Gasteiger partial charge on any atom is -0.481 e. The van der Waals surface area contributed by atoms with Gasteiger partial charge in [-0.05, 0) is 79.6 Å². The van der Waals surface area contributed by atoms with Crippen LogP contribution in [-0.2, 0) is 50.9 Å². The number of ether oxygens (including phenoxy) is 3. The largest absolute Gasteiger partial charge is 0.481 e. The Morgan fingerprint density at radius 1 is 1.04 bits per heavy atom. The molecule has 5 fully saturated rings. The van der Waals surface area contributed by atoms with Crippen LogP contribution >= 0.6 is 24.6 Å². The molecule has 0 radical (unpaired) electrons. The van der Waals surface area contributed by atoms with Gasteiger partial charge < -0.3 is 29.5 Å². The van der Waals surface area contributed by atoms with E-state index in [1.165, 1.54) is 0 Å². The van der Waals surface area contributed by atoms with Gasteiger partial charge >= 0.3 is 11.9 Å². The highest BCUT2D eigenvalue weighted by Crippen LogP contribution is 2.70. The molecule has 13 atom stereocenters. The number of carboxylic acids is 1. The molecule has 48 heavy (non-hydrogen) atoms. The summed E-state index contributed by atoms with van der Waals surface area (Å²) in [7, 11) is 0. The van der Waals surface area contributed by atoms with Crippen LogP contribution in [0.5, 0.6) is 0 Å². The highest BCUT2D eigenvalue weighted by Gasteiger charge is 2.67. The molecule has 4 saturated carbocycles. The summed E-state index contributed by atoms with van der Waals surface area (Å²) in [5.41, 5.74) is -0.0143. The van der Waals surface area contributed by atoms with E-state index >= 15 is 0 Å². The van der Waals surface area contributed by atoms with E-state index in [9.17, 15) is 24.9 Å². The first-order valence-corrected chi connectivity index (χ1v) is 17.5. The lowest BCUT2D eigenvalue weighted by Gasteiger charge is -2.62. The third kappa shape index (κ3) is 7.43. The third-order valence-corrected chi connectivity index (χ3v) is 12.3. The maximum Gasteiger partial charge on any atom is 0.306 e. The van der Waals surface area contributed by atoms with E-state index in [1.54, 1.807) is 0 Å². The summed E-state index contributed by atoms with van der Waals surface area (Å²) in [6, 6.07) is 0. The van der Waals surface area contributed by atoms with Crippen LogP contribution < -0.4 is 0 Å². The Bertz CT molecular complexity index is 1150. The van der Waals surface area contributed by atoms with Crippen molar-refractivity contribution < 1.29 is 76.7 Å². The van der Waals surface area contributed by atoms with Gasteiger partial charge in [0.15, 0.2) is 37.0 Å². The normalized spacial score (nSPS) is 42.3. The number of fused-ring (bicyclic) bond motifs is 3. The number of carbonyl (C=O) groups is 2. The molecule has 5 aliphatic rings. The molecule has 1 aliphatic heterocycles. The average molecular weight is 727 g/mol. The number of aliphatic hydroxyl groups is 2. The van der Waals surface area contributed by atoms with Gasteiger partial charge in [0, 0.05) is 11.8 Å². The predicted molar refractivity (Wildman–Crippen MR) is 164 cm³/mol. The van der Waals surface area contributed by atoms with Crippen LogP contribution in [0.1, 0.15) is 72.1 Å². The minimum absolute atomic E-state index is 0.0210. The minimum atomic E-state index is -1.39. The molecular weight excluding hydrogens is 680 g/mol. The summed E-state index contributed by atoms with van der Waals surface area (Å²) >= 11 is 0.344. The number of rotatable bonds is 15. The van der Waals surface area contributed by atoms with E-state index in [0.717, 1.165) is 31.3 Å². The lowest BCUT2D eigenvalue weighted by Crippen LogP contribution is -2.63. The molecule has 10 unspecified atom stereocenters. The molecule has 0 aromatic heterocycles. The van der Waals surface area contributed by atoms with E-state index in [0.29, 0.717) is 12.8 Å². The monoisotopic (exact) mass is 726 g/mol. The number of hydrogen-bond acceptors (Lipinski definition) is 17. The van der Waals surface area contributed by atoms with Crippen LogP contribution in [0.2, 0.25) is 0 Å². The molecule has 5 rings (SSSR count). The third-order valence-electron chi connectivity index (χ3n) is 11.5. The second-order valence-electron chi connectivity index (χ2n) is 14.4. The Balaban J connectivity index is 1.46. The van der Waals surface area contributed by atoms with E-state index in [1.807, 2.05) is 13.8 Å². The van der Waals surface area contributed by atoms with Crippen molar-refractivity contribution in [2.24, 2.45) is 40.4 Å². The van der Waals surface area contributed by atoms with Crippen molar-refractivity contribution in [1.82, 2.24) is 0 Å². The lowest BCUT2D eigenvalue weighted by molar-refractivity contribution is -0.436. The summed E-state index contributed by atoms with van der Waals surface area (Å²) in [6.07, 6.45) is -3.32. The first-order valence-electron chi connectivity index (χ1n) is 16.2. The highest BCUT2D eigenvalue weighted by molar-refractivity contribution is 7.90. The van der Waals surface area contributed by atoms with Crippen molar-refractivity contribution in [3.05, 3.63) is 12.2 Å². The molecule has 0 aromatic rings. The fourth-order valence-corrected chi connectivity index (χ4v) is 10.4. The Morgan fingerprint density at radius 3 is 2.35 bits per heavy atom. The Kier molecular flexibility index (Phi) is 12.8. The van der Waals surface area contributed by atoms with Crippen molar-refractivity contribution in [3.63, 3.8) is 0 Å². The molecule has 274 valence electrons.